The molecule has 21 heavy (non-hydrogen) atoms. The predicted octanol–water partition coefficient (Wildman–Crippen LogP) is 1.12. The number of hydrogen-bond donors (Lipinski definition) is 2. The van der Waals surface area contributed by atoms with Gasteiger partial charge >= 0.3 is 5.69 Å². The van der Waals surface area contributed by atoms with Gasteiger partial charge in [0.05, 0.1) is 0 Å². The van der Waals surface area contributed by atoms with Gasteiger partial charge in [-0.05, 0) is 24.5 Å². The zero-order chi connectivity index (χ0) is 14.6. The number of aromatic nitrogens is 4. The quantitative estimate of drug-likeness (QED) is 0.739. The van der Waals surface area contributed by atoms with E-state index in [9.17, 15) is 9.59 Å². The topological polar surface area (TPSA) is 83.5 Å². The van der Waals surface area contributed by atoms with Crippen LogP contribution in [0, 0.1) is 0 Å². The highest BCUT2D eigenvalue weighted by Gasteiger charge is 2.30. The van der Waals surface area contributed by atoms with E-state index in [4.69, 9.17) is 0 Å². The fraction of sp³-hybridized carbons (Fsp3) is 0.267. The van der Waals surface area contributed by atoms with Crippen LogP contribution in [0.2, 0.25) is 0 Å². The number of rotatable bonds is 2. The molecule has 0 spiro atoms. The van der Waals surface area contributed by atoms with Crippen LogP contribution in [0.25, 0.3) is 11.2 Å². The van der Waals surface area contributed by atoms with Crippen LogP contribution in [-0.2, 0) is 13.0 Å². The van der Waals surface area contributed by atoms with Crippen molar-refractivity contribution in [1.29, 1.82) is 0 Å². The molecule has 0 bridgehead atoms. The van der Waals surface area contributed by atoms with E-state index in [1.54, 1.807) is 0 Å². The molecule has 4 rings (SSSR count). The third-order valence-electron chi connectivity index (χ3n) is 4.15. The van der Waals surface area contributed by atoms with Crippen molar-refractivity contribution in [1.82, 2.24) is 19.5 Å². The molecule has 1 aliphatic rings. The number of imidazole rings is 1. The summed E-state index contributed by atoms with van der Waals surface area (Å²) in [5.74, 6) is 0.926. The standard InChI is InChI=1S/C15H14N4O2/c1-2-19-13-11(14(20)18-15(19)21)16-12(17-13)10-7-8-5-3-4-6-9(8)10/h3-6,10H,2,7H2,1H3,(H,16,17)(H,18,20,21). The molecule has 0 fully saturated rings. The molecule has 0 saturated carbocycles. The molecule has 3 aromatic rings. The Morgan fingerprint density at radius 1 is 1.29 bits per heavy atom. The van der Waals surface area contributed by atoms with Crippen LogP contribution < -0.4 is 11.2 Å². The van der Waals surface area contributed by atoms with Crippen LogP contribution in [0.3, 0.4) is 0 Å². The zero-order valence-electron chi connectivity index (χ0n) is 11.5. The largest absolute Gasteiger partial charge is 0.336 e. The van der Waals surface area contributed by atoms with Gasteiger partial charge in [-0.25, -0.2) is 9.78 Å². The number of benzene rings is 1. The first kappa shape index (κ1) is 12.1. The van der Waals surface area contributed by atoms with Gasteiger partial charge in [0.2, 0.25) is 0 Å². The van der Waals surface area contributed by atoms with Crippen LogP contribution in [0.15, 0.2) is 33.9 Å². The molecule has 1 aromatic carbocycles. The molecule has 0 radical (unpaired) electrons. The molecular weight excluding hydrogens is 268 g/mol. The van der Waals surface area contributed by atoms with Gasteiger partial charge < -0.3 is 4.98 Å². The number of nitrogens with one attached hydrogen (secondary N) is 2. The van der Waals surface area contributed by atoms with E-state index in [-0.39, 0.29) is 5.92 Å². The summed E-state index contributed by atoms with van der Waals surface area (Å²) in [5.41, 5.74) is 2.53. The minimum atomic E-state index is -0.415. The van der Waals surface area contributed by atoms with Crippen molar-refractivity contribution in [2.75, 3.05) is 0 Å². The van der Waals surface area contributed by atoms with E-state index in [0.29, 0.717) is 17.7 Å². The number of H-pyrrole nitrogens is 2. The highest BCUT2D eigenvalue weighted by atomic mass is 16.2. The van der Waals surface area contributed by atoms with Crippen LogP contribution in [0.4, 0.5) is 0 Å². The molecule has 2 aromatic heterocycles. The SMILES string of the molecule is CCn1c(=O)[nH]c(=O)c2[nH]c(C3Cc4ccccc43)nc21. The molecule has 2 heterocycles. The number of hydrogen-bond acceptors (Lipinski definition) is 3. The van der Waals surface area contributed by atoms with Crippen LogP contribution in [0.5, 0.6) is 0 Å². The summed E-state index contributed by atoms with van der Waals surface area (Å²) in [6, 6.07) is 8.20. The van der Waals surface area contributed by atoms with E-state index in [2.05, 4.69) is 27.1 Å². The van der Waals surface area contributed by atoms with Crippen molar-refractivity contribution in [3.05, 3.63) is 62.1 Å². The lowest BCUT2D eigenvalue weighted by Gasteiger charge is -2.28. The molecule has 6 heteroatoms. The number of aryl methyl sites for hydroxylation is 1. The Hall–Kier alpha value is -2.63. The van der Waals surface area contributed by atoms with Crippen molar-refractivity contribution in [3.8, 4) is 0 Å². The van der Waals surface area contributed by atoms with Crippen LogP contribution in [0.1, 0.15) is 29.8 Å². The Balaban J connectivity index is 1.92. The van der Waals surface area contributed by atoms with Crippen molar-refractivity contribution >= 4 is 11.2 Å². The van der Waals surface area contributed by atoms with Crippen molar-refractivity contribution in [3.63, 3.8) is 0 Å². The number of fused-ring (bicyclic) bond motifs is 2. The highest BCUT2D eigenvalue weighted by Crippen LogP contribution is 2.38. The van der Waals surface area contributed by atoms with Gasteiger partial charge in [-0.2, -0.15) is 0 Å². The second-order valence-corrected chi connectivity index (χ2v) is 5.28. The lowest BCUT2D eigenvalue weighted by atomic mass is 9.77. The molecule has 0 amide bonds. The van der Waals surface area contributed by atoms with E-state index >= 15 is 0 Å². The molecule has 2 N–H and O–H groups in total. The fourth-order valence-corrected chi connectivity index (χ4v) is 3.02. The first-order valence-electron chi connectivity index (χ1n) is 6.99. The first-order valence-corrected chi connectivity index (χ1v) is 6.99. The number of aromatic amines is 2. The van der Waals surface area contributed by atoms with Gasteiger partial charge in [-0.3, -0.25) is 14.3 Å². The summed E-state index contributed by atoms with van der Waals surface area (Å²) in [4.78, 5) is 33.6. The van der Waals surface area contributed by atoms with E-state index < -0.39 is 11.2 Å². The summed E-state index contributed by atoms with van der Waals surface area (Å²) in [6.45, 7) is 2.32. The Morgan fingerprint density at radius 2 is 2.10 bits per heavy atom. The minimum Gasteiger partial charge on any atom is -0.336 e. The van der Waals surface area contributed by atoms with Crippen molar-refractivity contribution in [2.24, 2.45) is 0 Å². The van der Waals surface area contributed by atoms with Gasteiger partial charge in [0, 0.05) is 12.5 Å². The number of nitrogens with zero attached hydrogens (tertiary/aromatic N) is 2. The van der Waals surface area contributed by atoms with Gasteiger partial charge in [-0.1, -0.05) is 24.3 Å². The fourth-order valence-electron chi connectivity index (χ4n) is 3.02. The van der Waals surface area contributed by atoms with Crippen molar-refractivity contribution in [2.45, 2.75) is 25.8 Å². The Kier molecular flexibility index (Phi) is 2.42. The molecule has 106 valence electrons. The lowest BCUT2D eigenvalue weighted by molar-refractivity contribution is 0.667. The molecule has 1 aliphatic carbocycles. The summed E-state index contributed by atoms with van der Waals surface area (Å²) >= 11 is 0. The van der Waals surface area contributed by atoms with Crippen LogP contribution >= 0.6 is 0 Å². The van der Waals surface area contributed by atoms with Gasteiger partial charge in [0.15, 0.2) is 5.65 Å². The Labute approximate surface area is 119 Å². The zero-order valence-corrected chi connectivity index (χ0v) is 11.5. The molecule has 1 atom stereocenters. The third-order valence-corrected chi connectivity index (χ3v) is 4.15. The highest BCUT2D eigenvalue weighted by molar-refractivity contribution is 5.70. The minimum absolute atomic E-state index is 0.174. The molecule has 6 nitrogen and oxygen atoms in total. The smallest absolute Gasteiger partial charge is 0.330 e. The second-order valence-electron chi connectivity index (χ2n) is 5.28. The summed E-state index contributed by atoms with van der Waals surface area (Å²) in [6.07, 6.45) is 0.907. The molecule has 0 saturated heterocycles. The van der Waals surface area contributed by atoms with Crippen molar-refractivity contribution < 1.29 is 0 Å². The summed E-state index contributed by atoms with van der Waals surface area (Å²) < 4.78 is 1.47. The Bertz CT molecular complexity index is 964. The van der Waals surface area contributed by atoms with E-state index in [0.717, 1.165) is 12.2 Å². The van der Waals surface area contributed by atoms with E-state index in [1.807, 2.05) is 19.1 Å². The van der Waals surface area contributed by atoms with Gasteiger partial charge in [-0.15, -0.1) is 0 Å². The molecular formula is C15H14N4O2. The average Bonchev–Trinajstić information content (AvgIpc) is 2.85. The van der Waals surface area contributed by atoms with E-state index in [1.165, 1.54) is 15.7 Å². The second kappa shape index (κ2) is 4.18. The average molecular weight is 282 g/mol. The monoisotopic (exact) mass is 282 g/mol. The molecule has 0 aliphatic heterocycles. The first-order chi connectivity index (χ1) is 10.2. The Morgan fingerprint density at radius 3 is 2.86 bits per heavy atom. The maximum atomic E-state index is 11.9. The third kappa shape index (κ3) is 1.62. The lowest BCUT2D eigenvalue weighted by Crippen LogP contribution is -2.29. The summed E-state index contributed by atoms with van der Waals surface area (Å²) in [7, 11) is 0. The normalized spacial score (nSPS) is 16.7. The summed E-state index contributed by atoms with van der Waals surface area (Å²) in [5, 5.41) is 0. The maximum Gasteiger partial charge on any atom is 0.330 e. The van der Waals surface area contributed by atoms with Gasteiger partial charge in [0.25, 0.3) is 5.56 Å². The van der Waals surface area contributed by atoms with Crippen LogP contribution in [-0.4, -0.2) is 19.5 Å². The molecule has 1 unspecified atom stereocenters. The van der Waals surface area contributed by atoms with Gasteiger partial charge in [0.1, 0.15) is 11.3 Å². The predicted molar refractivity (Wildman–Crippen MR) is 78.6 cm³/mol. The maximum absolute atomic E-state index is 11.9.